The maximum Gasteiger partial charge on any atom is 0.242 e. The first-order valence-electron chi connectivity index (χ1n) is 9.67. The van der Waals surface area contributed by atoms with Crippen molar-refractivity contribution in [3.8, 4) is 0 Å². The van der Waals surface area contributed by atoms with E-state index < -0.39 is 10.0 Å². The summed E-state index contributed by atoms with van der Waals surface area (Å²) in [7, 11) is -1.99. The van der Waals surface area contributed by atoms with Crippen molar-refractivity contribution < 1.29 is 17.6 Å². The Bertz CT molecular complexity index is 912. The molecule has 1 heterocycles. The van der Waals surface area contributed by atoms with Gasteiger partial charge in [-0.15, -0.1) is 0 Å². The van der Waals surface area contributed by atoms with Gasteiger partial charge in [0.2, 0.25) is 15.9 Å². The fraction of sp³-hybridized carbons (Fsp3) is 0.381. The Hall–Kier alpha value is -2.45. The number of piperazine rings is 1. The minimum Gasteiger partial charge on any atom is -0.368 e. The van der Waals surface area contributed by atoms with Crippen molar-refractivity contribution in [2.24, 2.45) is 0 Å². The van der Waals surface area contributed by atoms with Gasteiger partial charge in [-0.2, -0.15) is 0 Å². The largest absolute Gasteiger partial charge is 0.368 e. The van der Waals surface area contributed by atoms with E-state index in [2.05, 4.69) is 4.90 Å². The topological polar surface area (TPSA) is 60.9 Å². The van der Waals surface area contributed by atoms with Gasteiger partial charge in [-0.3, -0.25) is 4.79 Å². The minimum absolute atomic E-state index is 0.0364. The van der Waals surface area contributed by atoms with E-state index in [0.29, 0.717) is 45.6 Å². The highest BCUT2D eigenvalue weighted by Crippen LogP contribution is 2.18. The second-order valence-corrected chi connectivity index (χ2v) is 9.13. The normalized spacial score (nSPS) is 15.0. The van der Waals surface area contributed by atoms with Crippen LogP contribution in [0.1, 0.15) is 12.8 Å². The number of amides is 1. The highest BCUT2D eigenvalue weighted by Gasteiger charge is 2.23. The van der Waals surface area contributed by atoms with Crippen molar-refractivity contribution in [3.63, 3.8) is 0 Å². The van der Waals surface area contributed by atoms with E-state index in [0.717, 1.165) is 5.69 Å². The number of halogens is 1. The molecule has 0 radical (unpaired) electrons. The number of nitrogens with zero attached hydrogens (tertiary/aromatic N) is 3. The third-order valence-electron chi connectivity index (χ3n) is 5.14. The number of hydrogen-bond acceptors (Lipinski definition) is 4. The molecule has 0 bridgehead atoms. The predicted molar refractivity (Wildman–Crippen MR) is 111 cm³/mol. The Morgan fingerprint density at radius 1 is 1.00 bits per heavy atom. The van der Waals surface area contributed by atoms with Gasteiger partial charge in [-0.05, 0) is 42.8 Å². The molecule has 0 atom stereocenters. The first-order valence-corrected chi connectivity index (χ1v) is 11.1. The van der Waals surface area contributed by atoms with Crippen LogP contribution >= 0.6 is 0 Å². The van der Waals surface area contributed by atoms with Crippen LogP contribution in [0.15, 0.2) is 59.5 Å². The highest BCUT2D eigenvalue weighted by molar-refractivity contribution is 7.89. The molecule has 3 rings (SSSR count). The number of carbonyl (C=O) groups excluding carboxylic acids is 1. The van der Waals surface area contributed by atoms with Crippen LogP contribution in [0.25, 0.3) is 0 Å². The minimum atomic E-state index is -3.53. The van der Waals surface area contributed by atoms with Crippen molar-refractivity contribution in [2.75, 3.05) is 44.7 Å². The van der Waals surface area contributed by atoms with Crippen LogP contribution in [-0.2, 0) is 14.8 Å². The van der Waals surface area contributed by atoms with Crippen molar-refractivity contribution in [3.05, 3.63) is 60.4 Å². The summed E-state index contributed by atoms with van der Waals surface area (Å²) in [6.45, 7) is 2.89. The van der Waals surface area contributed by atoms with Gasteiger partial charge in [-0.25, -0.2) is 17.1 Å². The first kappa shape index (κ1) is 21.3. The molecule has 0 N–H and O–H groups in total. The molecule has 0 aliphatic carbocycles. The lowest BCUT2D eigenvalue weighted by atomic mass is 10.2. The summed E-state index contributed by atoms with van der Waals surface area (Å²) in [5.74, 6) is -0.226. The zero-order valence-electron chi connectivity index (χ0n) is 16.5. The third-order valence-corrected chi connectivity index (χ3v) is 7.01. The van der Waals surface area contributed by atoms with E-state index in [4.69, 9.17) is 0 Å². The standard InChI is InChI=1S/C21H26FN3O3S/c1-23(29(27,28)20-6-3-2-4-7-20)13-5-8-21(26)25-16-14-24(15-17-25)19-11-9-18(22)10-12-19/h2-4,6-7,9-12H,5,8,13-17H2,1H3. The van der Waals surface area contributed by atoms with E-state index >= 15 is 0 Å². The molecule has 8 heteroatoms. The smallest absolute Gasteiger partial charge is 0.242 e. The Balaban J connectivity index is 1.44. The number of carbonyl (C=O) groups is 1. The molecule has 0 spiro atoms. The van der Waals surface area contributed by atoms with Crippen LogP contribution < -0.4 is 4.90 Å². The van der Waals surface area contributed by atoms with Gasteiger partial charge in [0.05, 0.1) is 4.90 Å². The summed E-state index contributed by atoms with van der Waals surface area (Å²) in [6.07, 6.45) is 0.783. The molecule has 0 aromatic heterocycles. The lowest BCUT2D eigenvalue weighted by Gasteiger charge is -2.36. The maximum atomic E-state index is 13.1. The van der Waals surface area contributed by atoms with Gasteiger partial charge in [0.25, 0.3) is 0 Å². The summed E-state index contributed by atoms with van der Waals surface area (Å²) < 4.78 is 39.4. The average Bonchev–Trinajstić information content (AvgIpc) is 2.75. The molecule has 0 unspecified atom stereocenters. The molecular formula is C21H26FN3O3S. The lowest BCUT2D eigenvalue weighted by Crippen LogP contribution is -2.48. The molecule has 29 heavy (non-hydrogen) atoms. The predicted octanol–water partition coefficient (Wildman–Crippen LogP) is 2.58. The Morgan fingerprint density at radius 3 is 2.24 bits per heavy atom. The monoisotopic (exact) mass is 419 g/mol. The fourth-order valence-corrected chi connectivity index (χ4v) is 4.60. The third kappa shape index (κ3) is 5.33. The van der Waals surface area contributed by atoms with Gasteiger partial charge in [0, 0.05) is 51.9 Å². The average molecular weight is 420 g/mol. The van der Waals surface area contributed by atoms with Gasteiger partial charge < -0.3 is 9.80 Å². The Labute approximate surface area is 171 Å². The van der Waals surface area contributed by atoms with Crippen molar-refractivity contribution in [1.82, 2.24) is 9.21 Å². The molecule has 2 aromatic rings. The van der Waals surface area contributed by atoms with E-state index in [1.165, 1.54) is 23.5 Å². The summed E-state index contributed by atoms with van der Waals surface area (Å²) >= 11 is 0. The zero-order chi connectivity index (χ0) is 20.9. The van der Waals surface area contributed by atoms with E-state index in [1.807, 2.05) is 4.90 Å². The number of anilines is 1. The van der Waals surface area contributed by atoms with Crippen molar-refractivity contribution in [1.29, 1.82) is 0 Å². The van der Waals surface area contributed by atoms with Crippen LogP contribution in [-0.4, -0.2) is 63.3 Å². The zero-order valence-corrected chi connectivity index (χ0v) is 17.3. The first-order chi connectivity index (χ1) is 13.9. The van der Waals surface area contributed by atoms with Gasteiger partial charge >= 0.3 is 0 Å². The summed E-state index contributed by atoms with van der Waals surface area (Å²) in [6, 6.07) is 14.7. The van der Waals surface area contributed by atoms with E-state index in [-0.39, 0.29) is 16.6 Å². The number of benzene rings is 2. The van der Waals surface area contributed by atoms with E-state index in [9.17, 15) is 17.6 Å². The van der Waals surface area contributed by atoms with Crippen LogP contribution in [0, 0.1) is 5.82 Å². The molecular weight excluding hydrogens is 393 g/mol. The quantitative estimate of drug-likeness (QED) is 0.692. The van der Waals surface area contributed by atoms with Crippen molar-refractivity contribution >= 4 is 21.6 Å². The number of rotatable bonds is 7. The van der Waals surface area contributed by atoms with Crippen LogP contribution in [0.4, 0.5) is 10.1 Å². The lowest BCUT2D eigenvalue weighted by molar-refractivity contribution is -0.131. The molecule has 156 valence electrons. The number of sulfonamides is 1. The fourth-order valence-electron chi connectivity index (χ4n) is 3.37. The van der Waals surface area contributed by atoms with E-state index in [1.54, 1.807) is 42.5 Å². The molecule has 1 aliphatic heterocycles. The summed E-state index contributed by atoms with van der Waals surface area (Å²) in [5, 5.41) is 0. The molecule has 6 nitrogen and oxygen atoms in total. The molecule has 0 saturated carbocycles. The molecule has 1 saturated heterocycles. The second kappa shape index (κ2) is 9.37. The molecule has 1 amide bonds. The molecule has 2 aromatic carbocycles. The number of hydrogen-bond donors (Lipinski definition) is 0. The SMILES string of the molecule is CN(CCCC(=O)N1CCN(c2ccc(F)cc2)CC1)S(=O)(=O)c1ccccc1. The van der Waals surface area contributed by atoms with Crippen molar-refractivity contribution in [2.45, 2.75) is 17.7 Å². The highest BCUT2D eigenvalue weighted by atomic mass is 32.2. The van der Waals surface area contributed by atoms with Gasteiger partial charge in [-0.1, -0.05) is 18.2 Å². The Morgan fingerprint density at radius 2 is 1.62 bits per heavy atom. The summed E-state index contributed by atoms with van der Waals surface area (Å²) in [4.78, 5) is 16.7. The second-order valence-electron chi connectivity index (χ2n) is 7.09. The van der Waals surface area contributed by atoms with Crippen LogP contribution in [0.2, 0.25) is 0 Å². The molecule has 1 aliphatic rings. The van der Waals surface area contributed by atoms with Gasteiger partial charge in [0.15, 0.2) is 0 Å². The van der Waals surface area contributed by atoms with Crippen LogP contribution in [0.5, 0.6) is 0 Å². The van der Waals surface area contributed by atoms with Crippen LogP contribution in [0.3, 0.4) is 0 Å². The Kier molecular flexibility index (Phi) is 6.87. The summed E-state index contributed by atoms with van der Waals surface area (Å²) in [5.41, 5.74) is 0.950. The van der Waals surface area contributed by atoms with Gasteiger partial charge in [0.1, 0.15) is 5.82 Å². The maximum absolute atomic E-state index is 13.1. The molecule has 1 fully saturated rings.